The van der Waals surface area contributed by atoms with Crippen molar-refractivity contribution in [3.05, 3.63) is 64.7 Å². The first-order valence-electron chi connectivity index (χ1n) is 6.43. The average Bonchev–Trinajstić information content (AvgIpc) is 2.48. The molecule has 0 aliphatic carbocycles. The molecule has 2 aromatic carbocycles. The van der Waals surface area contributed by atoms with Crippen molar-refractivity contribution in [1.29, 1.82) is 0 Å². The van der Waals surface area contributed by atoms with E-state index in [9.17, 15) is 9.59 Å². The van der Waals surface area contributed by atoms with Crippen LogP contribution in [0.15, 0.2) is 42.5 Å². The second-order valence-electron chi connectivity index (χ2n) is 4.84. The van der Waals surface area contributed by atoms with Crippen LogP contribution in [0.5, 0.6) is 0 Å². The van der Waals surface area contributed by atoms with Gasteiger partial charge in [-0.25, -0.2) is 0 Å². The number of amides is 1. The quantitative estimate of drug-likeness (QED) is 0.630. The second kappa shape index (κ2) is 5.70. The molecule has 102 valence electrons. The van der Waals surface area contributed by atoms with Crippen molar-refractivity contribution in [1.82, 2.24) is 0 Å². The Hall–Kier alpha value is -2.42. The van der Waals surface area contributed by atoms with Crippen LogP contribution in [0.3, 0.4) is 0 Å². The Morgan fingerprint density at radius 2 is 1.70 bits per heavy atom. The van der Waals surface area contributed by atoms with Crippen LogP contribution < -0.4 is 4.90 Å². The molecule has 3 nitrogen and oxygen atoms in total. The number of carbonyl (C=O) groups excluding carboxylic acids is 2. The molecule has 0 unspecified atom stereocenters. The molecular formula is C17H17NO2. The van der Waals surface area contributed by atoms with Gasteiger partial charge in [-0.15, -0.1) is 0 Å². The van der Waals surface area contributed by atoms with E-state index in [1.54, 1.807) is 31.3 Å². The maximum atomic E-state index is 12.5. The fraction of sp³-hybridized carbons (Fsp3) is 0.176. The molecule has 0 spiro atoms. The minimum atomic E-state index is 0.00602. The summed E-state index contributed by atoms with van der Waals surface area (Å²) < 4.78 is 0. The van der Waals surface area contributed by atoms with E-state index >= 15 is 0 Å². The van der Waals surface area contributed by atoms with Crippen LogP contribution >= 0.6 is 0 Å². The molecule has 0 heterocycles. The van der Waals surface area contributed by atoms with Gasteiger partial charge in [-0.3, -0.25) is 9.59 Å². The van der Waals surface area contributed by atoms with Crippen molar-refractivity contribution >= 4 is 17.9 Å². The number of hydrogen-bond acceptors (Lipinski definition) is 2. The lowest BCUT2D eigenvalue weighted by Gasteiger charge is -2.11. The van der Waals surface area contributed by atoms with E-state index in [4.69, 9.17) is 0 Å². The highest BCUT2D eigenvalue weighted by Gasteiger charge is 2.12. The van der Waals surface area contributed by atoms with E-state index in [2.05, 4.69) is 0 Å². The number of aryl methyl sites for hydroxylation is 1. The van der Waals surface area contributed by atoms with E-state index in [0.717, 1.165) is 28.8 Å². The number of ketones is 1. The zero-order valence-electron chi connectivity index (χ0n) is 11.9. The Morgan fingerprint density at radius 3 is 2.30 bits per heavy atom. The molecule has 1 amide bonds. The van der Waals surface area contributed by atoms with Crippen molar-refractivity contribution < 1.29 is 9.59 Å². The van der Waals surface area contributed by atoms with Crippen LogP contribution in [0.2, 0.25) is 0 Å². The third-order valence-corrected chi connectivity index (χ3v) is 3.54. The molecule has 0 atom stereocenters. The molecule has 0 radical (unpaired) electrons. The lowest BCUT2D eigenvalue weighted by atomic mass is 9.96. The van der Waals surface area contributed by atoms with Gasteiger partial charge in [-0.2, -0.15) is 0 Å². The maximum absolute atomic E-state index is 12.5. The van der Waals surface area contributed by atoms with Crippen molar-refractivity contribution in [3.8, 4) is 0 Å². The molecule has 20 heavy (non-hydrogen) atoms. The van der Waals surface area contributed by atoms with Crippen LogP contribution in [0.4, 0.5) is 5.69 Å². The van der Waals surface area contributed by atoms with E-state index in [1.807, 2.05) is 32.0 Å². The van der Waals surface area contributed by atoms with Crippen molar-refractivity contribution in [3.63, 3.8) is 0 Å². The third-order valence-electron chi connectivity index (χ3n) is 3.54. The normalized spacial score (nSPS) is 10.2. The number of hydrogen-bond donors (Lipinski definition) is 0. The standard InChI is InChI=1S/C17H17NO2/c1-12-5-4-6-16(13(12)2)17(20)14-7-9-15(10-8-14)18(3)11-19/h4-11H,1-3H3. The summed E-state index contributed by atoms with van der Waals surface area (Å²) >= 11 is 0. The van der Waals surface area contributed by atoms with Crippen LogP contribution in [0.1, 0.15) is 27.0 Å². The highest BCUT2D eigenvalue weighted by molar-refractivity contribution is 6.10. The molecule has 0 fully saturated rings. The highest BCUT2D eigenvalue weighted by atomic mass is 16.1. The van der Waals surface area contributed by atoms with Gasteiger partial charge in [0.15, 0.2) is 5.78 Å². The van der Waals surface area contributed by atoms with Crippen molar-refractivity contribution in [2.45, 2.75) is 13.8 Å². The number of nitrogens with zero attached hydrogens (tertiary/aromatic N) is 1. The SMILES string of the molecule is Cc1cccc(C(=O)c2ccc(N(C)C=O)cc2)c1C. The van der Waals surface area contributed by atoms with Gasteiger partial charge in [-0.1, -0.05) is 18.2 Å². The van der Waals surface area contributed by atoms with Gasteiger partial charge in [-0.05, 0) is 49.2 Å². The summed E-state index contributed by atoms with van der Waals surface area (Å²) in [6, 6.07) is 12.8. The van der Waals surface area contributed by atoms with Gasteiger partial charge in [0.25, 0.3) is 0 Å². The van der Waals surface area contributed by atoms with Gasteiger partial charge in [0.2, 0.25) is 6.41 Å². The van der Waals surface area contributed by atoms with Gasteiger partial charge in [0.05, 0.1) is 0 Å². The Kier molecular flexibility index (Phi) is 3.99. The topological polar surface area (TPSA) is 37.4 Å². The Balaban J connectivity index is 2.34. The molecular weight excluding hydrogens is 250 g/mol. The van der Waals surface area contributed by atoms with E-state index in [-0.39, 0.29) is 5.78 Å². The van der Waals surface area contributed by atoms with Gasteiger partial charge in [0, 0.05) is 23.9 Å². The van der Waals surface area contributed by atoms with Gasteiger partial charge in [0.1, 0.15) is 0 Å². The lowest BCUT2D eigenvalue weighted by Crippen LogP contribution is -2.13. The molecule has 0 aliphatic heterocycles. The molecule has 0 aliphatic rings. The van der Waals surface area contributed by atoms with Crippen molar-refractivity contribution in [2.24, 2.45) is 0 Å². The molecule has 0 aromatic heterocycles. The average molecular weight is 267 g/mol. The highest BCUT2D eigenvalue weighted by Crippen LogP contribution is 2.19. The fourth-order valence-electron chi connectivity index (χ4n) is 2.06. The van der Waals surface area contributed by atoms with Crippen LogP contribution in [-0.4, -0.2) is 19.2 Å². The van der Waals surface area contributed by atoms with E-state index in [0.29, 0.717) is 5.56 Å². The van der Waals surface area contributed by atoms with E-state index < -0.39 is 0 Å². The molecule has 0 saturated heterocycles. The Bertz CT molecular complexity index is 645. The predicted molar refractivity (Wildman–Crippen MR) is 80.3 cm³/mol. The predicted octanol–water partition coefficient (Wildman–Crippen LogP) is 3.13. The molecule has 0 bridgehead atoms. The molecule has 2 rings (SSSR count). The summed E-state index contributed by atoms with van der Waals surface area (Å²) in [4.78, 5) is 24.6. The minimum absolute atomic E-state index is 0.00602. The van der Waals surface area contributed by atoms with Crippen LogP contribution in [-0.2, 0) is 4.79 Å². The van der Waals surface area contributed by atoms with Gasteiger partial charge >= 0.3 is 0 Å². The van der Waals surface area contributed by atoms with Gasteiger partial charge < -0.3 is 4.90 Å². The molecule has 2 aromatic rings. The number of carbonyl (C=O) groups is 2. The number of benzene rings is 2. The summed E-state index contributed by atoms with van der Waals surface area (Å²) in [6.45, 7) is 3.95. The molecule has 0 N–H and O–H groups in total. The zero-order valence-corrected chi connectivity index (χ0v) is 11.9. The zero-order chi connectivity index (χ0) is 14.7. The Morgan fingerprint density at radius 1 is 1.05 bits per heavy atom. The first kappa shape index (κ1) is 14.0. The summed E-state index contributed by atoms with van der Waals surface area (Å²) in [6.07, 6.45) is 0.738. The maximum Gasteiger partial charge on any atom is 0.213 e. The first-order chi connectivity index (χ1) is 9.54. The fourth-order valence-corrected chi connectivity index (χ4v) is 2.06. The van der Waals surface area contributed by atoms with Crippen LogP contribution in [0.25, 0.3) is 0 Å². The summed E-state index contributed by atoms with van der Waals surface area (Å²) in [5, 5.41) is 0. The second-order valence-corrected chi connectivity index (χ2v) is 4.84. The van der Waals surface area contributed by atoms with Crippen LogP contribution in [0, 0.1) is 13.8 Å². The van der Waals surface area contributed by atoms with E-state index in [1.165, 1.54) is 4.90 Å². The smallest absolute Gasteiger partial charge is 0.213 e. The monoisotopic (exact) mass is 267 g/mol. The number of anilines is 1. The molecule has 3 heteroatoms. The summed E-state index contributed by atoms with van der Waals surface area (Å²) in [5.74, 6) is 0.00602. The molecule has 0 saturated carbocycles. The van der Waals surface area contributed by atoms with Crippen molar-refractivity contribution in [2.75, 3.05) is 11.9 Å². The third kappa shape index (κ3) is 2.62. The lowest BCUT2D eigenvalue weighted by molar-refractivity contribution is -0.107. The summed E-state index contributed by atoms with van der Waals surface area (Å²) in [7, 11) is 1.68. The number of rotatable bonds is 4. The Labute approximate surface area is 118 Å². The first-order valence-corrected chi connectivity index (χ1v) is 6.43. The minimum Gasteiger partial charge on any atom is -0.318 e. The largest absolute Gasteiger partial charge is 0.318 e. The summed E-state index contributed by atoms with van der Waals surface area (Å²) in [5.41, 5.74) is 4.22.